The molecule has 0 saturated heterocycles. The van der Waals surface area contributed by atoms with E-state index in [1.165, 1.54) is 6.07 Å². The Morgan fingerprint density at radius 3 is 2.80 bits per heavy atom. The van der Waals surface area contributed by atoms with Crippen LogP contribution in [0.15, 0.2) is 18.2 Å². The summed E-state index contributed by atoms with van der Waals surface area (Å²) in [5, 5.41) is 13.0. The van der Waals surface area contributed by atoms with E-state index in [0.29, 0.717) is 0 Å². The van der Waals surface area contributed by atoms with Gasteiger partial charge in [0.1, 0.15) is 11.4 Å². The number of hydrogen-bond acceptors (Lipinski definition) is 3. The number of nitrogens with zero attached hydrogens (tertiary/aromatic N) is 2. The lowest BCUT2D eigenvalue weighted by molar-refractivity contribution is 0.285. The molecule has 1 aliphatic rings. The lowest BCUT2D eigenvalue weighted by Crippen LogP contribution is -2.43. The van der Waals surface area contributed by atoms with E-state index in [-0.39, 0.29) is 5.82 Å². The van der Waals surface area contributed by atoms with Gasteiger partial charge in [0.15, 0.2) is 0 Å². The van der Waals surface area contributed by atoms with Crippen molar-refractivity contribution in [1.29, 1.82) is 5.26 Å². The van der Waals surface area contributed by atoms with Crippen LogP contribution in [-0.2, 0) is 12.0 Å². The van der Waals surface area contributed by atoms with Crippen molar-refractivity contribution >= 4 is 0 Å². The second kappa shape index (κ2) is 6.34. The first kappa shape index (κ1) is 15.0. The zero-order valence-electron chi connectivity index (χ0n) is 12.2. The highest BCUT2D eigenvalue weighted by Gasteiger charge is 2.38. The Morgan fingerprint density at radius 2 is 2.15 bits per heavy atom. The minimum atomic E-state index is -0.643. The summed E-state index contributed by atoms with van der Waals surface area (Å²) in [5.74, 6) is -0.222. The Morgan fingerprint density at radius 1 is 1.40 bits per heavy atom. The molecular weight excluding hydrogens is 253 g/mol. The Kier molecular flexibility index (Phi) is 4.74. The maximum Gasteiger partial charge on any atom is 0.132 e. The normalized spacial score (nSPS) is 20.9. The monoisotopic (exact) mass is 275 g/mol. The first-order chi connectivity index (χ1) is 9.65. The highest BCUT2D eigenvalue weighted by atomic mass is 19.1. The third-order valence-corrected chi connectivity index (χ3v) is 4.24. The molecule has 0 amide bonds. The SMILES string of the molecule is CCN(CC)CCNC1(C#N)CCc2cc(F)ccc21. The van der Waals surface area contributed by atoms with E-state index in [4.69, 9.17) is 0 Å². The van der Waals surface area contributed by atoms with Crippen LogP contribution < -0.4 is 5.32 Å². The molecular formula is C16H22FN3. The van der Waals surface area contributed by atoms with Gasteiger partial charge in [-0.3, -0.25) is 5.32 Å². The van der Waals surface area contributed by atoms with Crippen LogP contribution in [0.4, 0.5) is 4.39 Å². The van der Waals surface area contributed by atoms with Gasteiger partial charge < -0.3 is 4.90 Å². The average molecular weight is 275 g/mol. The summed E-state index contributed by atoms with van der Waals surface area (Å²) >= 11 is 0. The van der Waals surface area contributed by atoms with Gasteiger partial charge in [0, 0.05) is 13.1 Å². The molecule has 1 atom stereocenters. The number of nitriles is 1. The predicted octanol–water partition coefficient (Wildman–Crippen LogP) is 2.42. The molecule has 1 aromatic carbocycles. The Hall–Kier alpha value is -1.44. The Bertz CT molecular complexity index is 505. The van der Waals surface area contributed by atoms with Crippen LogP contribution in [0.5, 0.6) is 0 Å². The molecule has 1 N–H and O–H groups in total. The molecule has 0 bridgehead atoms. The minimum absolute atomic E-state index is 0.222. The number of rotatable bonds is 6. The minimum Gasteiger partial charge on any atom is -0.303 e. The van der Waals surface area contributed by atoms with E-state index < -0.39 is 5.54 Å². The zero-order chi connectivity index (χ0) is 14.6. The number of aryl methyl sites for hydroxylation is 1. The number of likely N-dealkylation sites (N-methyl/N-ethyl adjacent to an activating group) is 1. The molecule has 2 rings (SSSR count). The Labute approximate surface area is 120 Å². The molecule has 0 heterocycles. The second-order valence-corrected chi connectivity index (χ2v) is 5.27. The van der Waals surface area contributed by atoms with Crippen LogP contribution in [0.1, 0.15) is 31.4 Å². The lowest BCUT2D eigenvalue weighted by Gasteiger charge is -2.26. The zero-order valence-corrected chi connectivity index (χ0v) is 12.2. The Balaban J connectivity index is 2.08. The van der Waals surface area contributed by atoms with Crippen LogP contribution in [0.3, 0.4) is 0 Å². The second-order valence-electron chi connectivity index (χ2n) is 5.27. The first-order valence-corrected chi connectivity index (χ1v) is 7.32. The van der Waals surface area contributed by atoms with Gasteiger partial charge in [-0.05, 0) is 49.2 Å². The fraction of sp³-hybridized carbons (Fsp3) is 0.562. The van der Waals surface area contributed by atoms with Crippen molar-refractivity contribution in [2.75, 3.05) is 26.2 Å². The van der Waals surface area contributed by atoms with Gasteiger partial charge in [0.25, 0.3) is 0 Å². The van der Waals surface area contributed by atoms with Crippen molar-refractivity contribution in [1.82, 2.24) is 10.2 Å². The van der Waals surface area contributed by atoms with Gasteiger partial charge in [0.2, 0.25) is 0 Å². The van der Waals surface area contributed by atoms with Crippen LogP contribution >= 0.6 is 0 Å². The van der Waals surface area contributed by atoms with E-state index in [9.17, 15) is 9.65 Å². The molecule has 0 saturated carbocycles. The first-order valence-electron chi connectivity index (χ1n) is 7.32. The molecule has 1 unspecified atom stereocenters. The van der Waals surface area contributed by atoms with Crippen LogP contribution in [0.2, 0.25) is 0 Å². The van der Waals surface area contributed by atoms with Crippen molar-refractivity contribution in [2.24, 2.45) is 0 Å². The molecule has 4 heteroatoms. The van der Waals surface area contributed by atoms with Crippen molar-refractivity contribution in [3.63, 3.8) is 0 Å². The molecule has 3 nitrogen and oxygen atoms in total. The fourth-order valence-corrected chi connectivity index (χ4v) is 2.95. The van der Waals surface area contributed by atoms with Crippen LogP contribution in [0.25, 0.3) is 0 Å². The number of benzene rings is 1. The maximum absolute atomic E-state index is 13.3. The van der Waals surface area contributed by atoms with E-state index in [0.717, 1.165) is 50.1 Å². The summed E-state index contributed by atoms with van der Waals surface area (Å²) in [6.45, 7) is 7.99. The third-order valence-electron chi connectivity index (χ3n) is 4.24. The van der Waals surface area contributed by atoms with Gasteiger partial charge in [0.05, 0.1) is 6.07 Å². The molecule has 0 fully saturated rings. The number of nitrogens with one attached hydrogen (secondary N) is 1. The lowest BCUT2D eigenvalue weighted by atomic mass is 9.93. The van der Waals surface area contributed by atoms with E-state index in [2.05, 4.69) is 30.1 Å². The summed E-state index contributed by atoms with van der Waals surface area (Å²) < 4.78 is 13.3. The summed E-state index contributed by atoms with van der Waals surface area (Å²) in [6, 6.07) is 7.17. The molecule has 1 aliphatic carbocycles. The topological polar surface area (TPSA) is 39.1 Å². The third kappa shape index (κ3) is 2.84. The highest BCUT2D eigenvalue weighted by molar-refractivity contribution is 5.43. The molecule has 0 spiro atoms. The molecule has 0 aromatic heterocycles. The summed E-state index contributed by atoms with van der Waals surface area (Å²) in [6.07, 6.45) is 1.49. The van der Waals surface area contributed by atoms with Gasteiger partial charge in [-0.1, -0.05) is 19.9 Å². The molecule has 0 radical (unpaired) electrons. The van der Waals surface area contributed by atoms with E-state index >= 15 is 0 Å². The van der Waals surface area contributed by atoms with E-state index in [1.54, 1.807) is 12.1 Å². The smallest absolute Gasteiger partial charge is 0.132 e. The van der Waals surface area contributed by atoms with Gasteiger partial charge in [-0.25, -0.2) is 4.39 Å². The largest absolute Gasteiger partial charge is 0.303 e. The number of fused-ring (bicyclic) bond motifs is 1. The fourth-order valence-electron chi connectivity index (χ4n) is 2.95. The highest BCUT2D eigenvalue weighted by Crippen LogP contribution is 2.36. The maximum atomic E-state index is 13.3. The van der Waals surface area contributed by atoms with Gasteiger partial charge >= 0.3 is 0 Å². The van der Waals surface area contributed by atoms with Crippen molar-refractivity contribution in [3.05, 3.63) is 35.1 Å². The van der Waals surface area contributed by atoms with Crippen molar-refractivity contribution in [3.8, 4) is 6.07 Å². The molecule has 1 aromatic rings. The summed E-state index contributed by atoms with van der Waals surface area (Å²) in [5.41, 5.74) is 1.26. The predicted molar refractivity (Wildman–Crippen MR) is 77.8 cm³/mol. The average Bonchev–Trinajstić information content (AvgIpc) is 2.82. The molecule has 108 valence electrons. The van der Waals surface area contributed by atoms with Gasteiger partial charge in [-0.15, -0.1) is 0 Å². The van der Waals surface area contributed by atoms with Crippen LogP contribution in [-0.4, -0.2) is 31.1 Å². The van der Waals surface area contributed by atoms with E-state index in [1.807, 2.05) is 0 Å². The van der Waals surface area contributed by atoms with Gasteiger partial charge in [-0.2, -0.15) is 5.26 Å². The number of halogens is 1. The quantitative estimate of drug-likeness (QED) is 0.866. The molecule has 20 heavy (non-hydrogen) atoms. The van der Waals surface area contributed by atoms with Crippen molar-refractivity contribution in [2.45, 2.75) is 32.2 Å². The molecule has 0 aliphatic heterocycles. The standard InChI is InChI=1S/C16H22FN3/c1-3-20(4-2)10-9-19-16(12-18)8-7-13-11-14(17)5-6-15(13)16/h5-6,11,19H,3-4,7-10H2,1-2H3. The number of hydrogen-bond donors (Lipinski definition) is 1. The summed E-state index contributed by atoms with van der Waals surface area (Å²) in [7, 11) is 0. The van der Waals surface area contributed by atoms with Crippen LogP contribution in [0, 0.1) is 17.1 Å². The summed E-state index contributed by atoms with van der Waals surface area (Å²) in [4.78, 5) is 2.32. The van der Waals surface area contributed by atoms with Crippen molar-refractivity contribution < 1.29 is 4.39 Å².